The number of alkyl halides is 1. The summed E-state index contributed by atoms with van der Waals surface area (Å²) in [5.41, 5.74) is 2.09. The molecule has 0 radical (unpaired) electrons. The molecule has 90 valence electrons. The zero-order valence-electron chi connectivity index (χ0n) is 9.82. The second-order valence-corrected chi connectivity index (χ2v) is 4.59. The van der Waals surface area contributed by atoms with Gasteiger partial charge in [0, 0.05) is 6.04 Å². The molecule has 1 heterocycles. The summed E-state index contributed by atoms with van der Waals surface area (Å²) in [7, 11) is 0. The zero-order chi connectivity index (χ0) is 11.8. The number of hydrogen-bond donors (Lipinski definition) is 0. The molecule has 1 saturated carbocycles. The van der Waals surface area contributed by atoms with Crippen LogP contribution in [0.4, 0.5) is 0 Å². The van der Waals surface area contributed by atoms with Crippen LogP contribution < -0.4 is 4.74 Å². The van der Waals surface area contributed by atoms with Crippen LogP contribution in [0.25, 0.3) is 11.0 Å². The van der Waals surface area contributed by atoms with Gasteiger partial charge < -0.3 is 9.30 Å². The Labute approximate surface area is 105 Å². The van der Waals surface area contributed by atoms with E-state index in [-0.39, 0.29) is 0 Å². The maximum atomic E-state index is 5.98. The fraction of sp³-hybridized carbons (Fsp3) is 0.462. The monoisotopic (exact) mass is 250 g/mol. The van der Waals surface area contributed by atoms with Crippen molar-refractivity contribution in [1.82, 2.24) is 9.55 Å². The third-order valence-corrected chi connectivity index (χ3v) is 3.33. The van der Waals surface area contributed by atoms with E-state index < -0.39 is 0 Å². The normalized spacial score (nSPS) is 15.4. The summed E-state index contributed by atoms with van der Waals surface area (Å²) in [6.07, 6.45) is 2.46. The lowest BCUT2D eigenvalue weighted by Gasteiger charge is -2.06. The van der Waals surface area contributed by atoms with Crippen molar-refractivity contribution in [2.45, 2.75) is 31.7 Å². The molecule has 17 heavy (non-hydrogen) atoms. The number of aromatic nitrogens is 2. The van der Waals surface area contributed by atoms with Gasteiger partial charge in [0.25, 0.3) is 0 Å². The first-order valence-corrected chi connectivity index (χ1v) is 6.57. The molecular formula is C13H15ClN2O. The SMILES string of the molecule is CCOc1cccc2c1nc(CCl)n2C1CC1. The standard InChI is InChI=1S/C13H15ClN2O/c1-2-17-11-5-3-4-10-13(11)15-12(8-14)16(10)9-6-7-9/h3-5,9H,2,6-8H2,1H3. The number of ether oxygens (including phenoxy) is 1. The highest BCUT2D eigenvalue weighted by Crippen LogP contribution is 2.40. The summed E-state index contributed by atoms with van der Waals surface area (Å²) in [5.74, 6) is 2.27. The second-order valence-electron chi connectivity index (χ2n) is 4.32. The first kappa shape index (κ1) is 10.9. The summed E-state index contributed by atoms with van der Waals surface area (Å²) >= 11 is 5.98. The van der Waals surface area contributed by atoms with Gasteiger partial charge in [-0.05, 0) is 31.9 Å². The van der Waals surface area contributed by atoms with Gasteiger partial charge >= 0.3 is 0 Å². The van der Waals surface area contributed by atoms with E-state index in [0.717, 1.165) is 22.6 Å². The van der Waals surface area contributed by atoms with Gasteiger partial charge in [0.15, 0.2) is 0 Å². The molecule has 0 N–H and O–H groups in total. The summed E-state index contributed by atoms with van der Waals surface area (Å²) in [6.45, 7) is 2.64. The first-order valence-electron chi connectivity index (χ1n) is 6.03. The number of nitrogens with zero attached hydrogens (tertiary/aromatic N) is 2. The first-order chi connectivity index (χ1) is 8.35. The number of para-hydroxylation sites is 1. The van der Waals surface area contributed by atoms with Crippen molar-refractivity contribution in [2.75, 3.05) is 6.61 Å². The van der Waals surface area contributed by atoms with Crippen LogP contribution >= 0.6 is 11.6 Å². The average Bonchev–Trinajstić information content (AvgIpc) is 3.10. The van der Waals surface area contributed by atoms with Crippen LogP contribution in [0, 0.1) is 0 Å². The molecule has 1 aliphatic rings. The van der Waals surface area contributed by atoms with Crippen molar-refractivity contribution in [3.63, 3.8) is 0 Å². The molecule has 3 nitrogen and oxygen atoms in total. The third-order valence-electron chi connectivity index (χ3n) is 3.09. The van der Waals surface area contributed by atoms with Crippen molar-refractivity contribution in [2.24, 2.45) is 0 Å². The Balaban J connectivity index is 2.20. The molecule has 1 fully saturated rings. The number of fused-ring (bicyclic) bond motifs is 1. The van der Waals surface area contributed by atoms with Gasteiger partial charge in [-0.1, -0.05) is 6.07 Å². The molecule has 4 heteroatoms. The number of imidazole rings is 1. The zero-order valence-corrected chi connectivity index (χ0v) is 10.6. The minimum atomic E-state index is 0.455. The van der Waals surface area contributed by atoms with Gasteiger partial charge in [-0.25, -0.2) is 4.98 Å². The van der Waals surface area contributed by atoms with Gasteiger partial charge in [-0.15, -0.1) is 11.6 Å². The van der Waals surface area contributed by atoms with Crippen molar-refractivity contribution in [3.05, 3.63) is 24.0 Å². The van der Waals surface area contributed by atoms with Crippen molar-refractivity contribution in [3.8, 4) is 5.75 Å². The molecule has 0 unspecified atom stereocenters. The summed E-state index contributed by atoms with van der Waals surface area (Å²) in [4.78, 5) is 4.62. The second kappa shape index (κ2) is 4.22. The van der Waals surface area contributed by atoms with Crippen LogP contribution in [0.5, 0.6) is 5.75 Å². The fourth-order valence-electron chi connectivity index (χ4n) is 2.25. The predicted molar refractivity (Wildman–Crippen MR) is 68.7 cm³/mol. The van der Waals surface area contributed by atoms with E-state index in [0.29, 0.717) is 18.5 Å². The number of rotatable bonds is 4. The molecule has 0 spiro atoms. The van der Waals surface area contributed by atoms with Crippen LogP contribution in [0.3, 0.4) is 0 Å². The summed E-state index contributed by atoms with van der Waals surface area (Å²) in [6, 6.07) is 6.67. The van der Waals surface area contributed by atoms with E-state index >= 15 is 0 Å². The minimum absolute atomic E-state index is 0.455. The van der Waals surface area contributed by atoms with E-state index in [1.54, 1.807) is 0 Å². The molecule has 1 aromatic heterocycles. The van der Waals surface area contributed by atoms with Crippen molar-refractivity contribution in [1.29, 1.82) is 0 Å². The van der Waals surface area contributed by atoms with Gasteiger partial charge in [0.05, 0.1) is 18.0 Å². The van der Waals surface area contributed by atoms with Crippen LogP contribution in [0.15, 0.2) is 18.2 Å². The van der Waals surface area contributed by atoms with E-state index in [4.69, 9.17) is 16.3 Å². The lowest BCUT2D eigenvalue weighted by Crippen LogP contribution is -1.98. The fourth-order valence-corrected chi connectivity index (χ4v) is 2.43. The molecule has 0 bridgehead atoms. The Morgan fingerprint density at radius 2 is 2.29 bits per heavy atom. The number of benzene rings is 1. The molecule has 1 aromatic carbocycles. The molecule has 0 amide bonds. The molecule has 3 rings (SSSR count). The smallest absolute Gasteiger partial charge is 0.147 e. The maximum absolute atomic E-state index is 5.98. The van der Waals surface area contributed by atoms with E-state index in [1.807, 2.05) is 19.1 Å². The van der Waals surface area contributed by atoms with Gasteiger partial charge in [-0.3, -0.25) is 0 Å². The highest BCUT2D eigenvalue weighted by atomic mass is 35.5. The highest BCUT2D eigenvalue weighted by molar-refractivity contribution is 6.16. The Morgan fingerprint density at radius 3 is 2.94 bits per heavy atom. The molecule has 0 atom stereocenters. The molecule has 0 aliphatic heterocycles. The van der Waals surface area contributed by atoms with Gasteiger partial charge in [0.1, 0.15) is 17.1 Å². The van der Waals surface area contributed by atoms with Crippen LogP contribution in [-0.4, -0.2) is 16.2 Å². The lowest BCUT2D eigenvalue weighted by molar-refractivity contribution is 0.343. The van der Waals surface area contributed by atoms with Crippen LogP contribution in [0.1, 0.15) is 31.6 Å². The van der Waals surface area contributed by atoms with E-state index in [2.05, 4.69) is 15.6 Å². The minimum Gasteiger partial charge on any atom is -0.492 e. The van der Waals surface area contributed by atoms with E-state index in [1.165, 1.54) is 12.8 Å². The average molecular weight is 251 g/mol. The molecule has 2 aromatic rings. The molecule has 0 saturated heterocycles. The third kappa shape index (κ3) is 1.78. The Morgan fingerprint density at radius 1 is 1.47 bits per heavy atom. The van der Waals surface area contributed by atoms with Crippen molar-refractivity contribution >= 4 is 22.6 Å². The Hall–Kier alpha value is -1.22. The largest absolute Gasteiger partial charge is 0.492 e. The topological polar surface area (TPSA) is 27.1 Å². The predicted octanol–water partition coefficient (Wildman–Crippen LogP) is 3.51. The van der Waals surface area contributed by atoms with Crippen molar-refractivity contribution < 1.29 is 4.74 Å². The Bertz CT molecular complexity index is 546. The van der Waals surface area contributed by atoms with Crippen LogP contribution in [0.2, 0.25) is 0 Å². The quantitative estimate of drug-likeness (QED) is 0.777. The summed E-state index contributed by atoms with van der Waals surface area (Å²) in [5, 5.41) is 0. The Kier molecular flexibility index (Phi) is 2.71. The maximum Gasteiger partial charge on any atom is 0.147 e. The van der Waals surface area contributed by atoms with E-state index in [9.17, 15) is 0 Å². The highest BCUT2D eigenvalue weighted by Gasteiger charge is 2.28. The van der Waals surface area contributed by atoms with Gasteiger partial charge in [0.2, 0.25) is 0 Å². The molecule has 1 aliphatic carbocycles. The molecular weight excluding hydrogens is 236 g/mol. The lowest BCUT2D eigenvalue weighted by atomic mass is 10.3. The number of halogens is 1. The van der Waals surface area contributed by atoms with Gasteiger partial charge in [-0.2, -0.15) is 0 Å². The summed E-state index contributed by atoms with van der Waals surface area (Å²) < 4.78 is 7.88. The number of hydrogen-bond acceptors (Lipinski definition) is 2. The van der Waals surface area contributed by atoms with Crippen LogP contribution in [-0.2, 0) is 5.88 Å².